The molecule has 1 aromatic carbocycles. The zero-order chi connectivity index (χ0) is 21.3. The zero-order valence-corrected chi connectivity index (χ0v) is 17.5. The van der Waals surface area contributed by atoms with Gasteiger partial charge in [-0.1, -0.05) is 5.10 Å². The average molecular weight is 430 g/mol. The molecule has 0 amide bonds. The van der Waals surface area contributed by atoms with Gasteiger partial charge in [0.05, 0.1) is 4.90 Å². The number of nitrogens with one attached hydrogen (secondary N) is 1. The number of anilines is 2. The lowest BCUT2D eigenvalue weighted by Crippen LogP contribution is -2.33. The largest absolute Gasteiger partial charge is 0.460 e. The average Bonchev–Trinajstić information content (AvgIpc) is 3.14. The molecule has 3 aromatic rings. The van der Waals surface area contributed by atoms with Gasteiger partial charge in [0, 0.05) is 24.1 Å². The van der Waals surface area contributed by atoms with Gasteiger partial charge in [-0.2, -0.15) is 0 Å². The van der Waals surface area contributed by atoms with E-state index in [1.807, 2.05) is 4.57 Å². The molecule has 2 aromatic heterocycles. The summed E-state index contributed by atoms with van der Waals surface area (Å²) >= 11 is 0. The number of rotatable bonds is 7. The quantitative estimate of drug-likeness (QED) is 0.584. The van der Waals surface area contributed by atoms with Crippen molar-refractivity contribution in [3.05, 3.63) is 48.5 Å². The maximum Gasteiger partial charge on any atom is 0.317 e. The molecular weight excluding hydrogens is 406 g/mol. The van der Waals surface area contributed by atoms with E-state index in [1.54, 1.807) is 30.9 Å². The van der Waals surface area contributed by atoms with Crippen LogP contribution in [-0.4, -0.2) is 39.3 Å². The Balaban J connectivity index is 1.32. The molecule has 158 valence electrons. The summed E-state index contributed by atoms with van der Waals surface area (Å²) in [6.07, 6.45) is 7.12. The number of nitrogens with two attached hydrogens (primary N) is 1. The van der Waals surface area contributed by atoms with Crippen LogP contribution >= 0.6 is 0 Å². The van der Waals surface area contributed by atoms with E-state index in [9.17, 15) is 8.42 Å². The van der Waals surface area contributed by atoms with Gasteiger partial charge < -0.3 is 10.1 Å². The molecule has 0 saturated heterocycles. The molecule has 2 heterocycles. The van der Waals surface area contributed by atoms with E-state index in [2.05, 4.69) is 39.3 Å². The van der Waals surface area contributed by atoms with Crippen LogP contribution in [0.25, 0.3) is 0 Å². The first-order chi connectivity index (χ1) is 14.3. The highest BCUT2D eigenvalue weighted by Crippen LogP contribution is 2.38. The molecule has 0 atom stereocenters. The molecule has 4 rings (SSSR count). The van der Waals surface area contributed by atoms with Gasteiger partial charge in [-0.05, 0) is 62.4 Å². The Bertz CT molecular complexity index is 1110. The van der Waals surface area contributed by atoms with Crippen LogP contribution in [0.5, 0.6) is 6.01 Å². The molecule has 10 nitrogen and oxygen atoms in total. The monoisotopic (exact) mass is 429 g/mol. The van der Waals surface area contributed by atoms with E-state index in [-0.39, 0.29) is 17.0 Å². The van der Waals surface area contributed by atoms with Gasteiger partial charge in [0.25, 0.3) is 0 Å². The molecule has 11 heteroatoms. The van der Waals surface area contributed by atoms with Crippen LogP contribution in [0.4, 0.5) is 11.6 Å². The maximum absolute atomic E-state index is 11.3. The van der Waals surface area contributed by atoms with Crippen molar-refractivity contribution in [2.24, 2.45) is 5.14 Å². The highest BCUT2D eigenvalue weighted by Gasteiger charge is 2.33. The Hall–Kier alpha value is -3.05. The molecule has 3 N–H and O–H groups in total. The van der Waals surface area contributed by atoms with Gasteiger partial charge in [-0.15, -0.1) is 5.10 Å². The fraction of sp³-hybridized carbons (Fsp3) is 0.368. The van der Waals surface area contributed by atoms with Crippen LogP contribution in [0.1, 0.15) is 44.2 Å². The number of sulfonamides is 1. The summed E-state index contributed by atoms with van der Waals surface area (Å²) in [5, 5.41) is 16.1. The van der Waals surface area contributed by atoms with E-state index < -0.39 is 10.0 Å². The highest BCUT2D eigenvalue weighted by atomic mass is 32.2. The lowest BCUT2D eigenvalue weighted by molar-refractivity contribution is 0.0819. The highest BCUT2D eigenvalue weighted by molar-refractivity contribution is 7.89. The van der Waals surface area contributed by atoms with Crippen molar-refractivity contribution in [3.63, 3.8) is 0 Å². The summed E-state index contributed by atoms with van der Waals surface area (Å²) in [7, 11) is -3.71. The van der Waals surface area contributed by atoms with Crippen LogP contribution < -0.4 is 15.2 Å². The Morgan fingerprint density at radius 3 is 2.43 bits per heavy atom. The van der Waals surface area contributed by atoms with Gasteiger partial charge in [-0.3, -0.25) is 4.57 Å². The molecule has 1 saturated carbocycles. The summed E-state index contributed by atoms with van der Waals surface area (Å²) in [6.45, 7) is 4.11. The van der Waals surface area contributed by atoms with Crippen molar-refractivity contribution in [3.8, 4) is 6.01 Å². The number of primary sulfonamides is 1. The predicted molar refractivity (Wildman–Crippen MR) is 110 cm³/mol. The van der Waals surface area contributed by atoms with E-state index in [0.717, 1.165) is 18.4 Å². The van der Waals surface area contributed by atoms with Gasteiger partial charge in [-0.25, -0.2) is 23.5 Å². The summed E-state index contributed by atoms with van der Waals surface area (Å²) in [6, 6.07) is 6.89. The fourth-order valence-corrected chi connectivity index (χ4v) is 3.74. The third kappa shape index (κ3) is 4.41. The lowest BCUT2D eigenvalue weighted by Gasteiger charge is -2.34. The minimum absolute atomic E-state index is 0.0534. The minimum atomic E-state index is -3.71. The first kappa shape index (κ1) is 20.2. The smallest absolute Gasteiger partial charge is 0.317 e. The van der Waals surface area contributed by atoms with Crippen molar-refractivity contribution < 1.29 is 13.2 Å². The third-order valence-electron chi connectivity index (χ3n) is 5.05. The second-order valence-electron chi connectivity index (χ2n) is 7.56. The number of nitrogens with zero attached hydrogens (tertiary/aromatic N) is 5. The summed E-state index contributed by atoms with van der Waals surface area (Å²) in [4.78, 5) is 8.76. The number of aromatic nitrogens is 5. The zero-order valence-electron chi connectivity index (χ0n) is 16.6. The van der Waals surface area contributed by atoms with Gasteiger partial charge in [0.15, 0.2) is 0 Å². The molecule has 0 aliphatic heterocycles. The van der Waals surface area contributed by atoms with Crippen LogP contribution in [0, 0.1) is 0 Å². The van der Waals surface area contributed by atoms with Gasteiger partial charge in [0.1, 0.15) is 12.4 Å². The predicted octanol–water partition coefficient (Wildman–Crippen LogP) is 2.37. The maximum atomic E-state index is 11.3. The number of ether oxygens (including phenoxy) is 1. The SMILES string of the molecule is CC(C)n1cnnc1OC1CC(c2cnc(Nc3ccc(S(N)(=O)=O)cc3)nc2)C1. The first-order valence-electron chi connectivity index (χ1n) is 9.57. The minimum Gasteiger partial charge on any atom is -0.460 e. The molecule has 30 heavy (non-hydrogen) atoms. The van der Waals surface area contributed by atoms with Crippen LogP contribution in [0.2, 0.25) is 0 Å². The van der Waals surface area contributed by atoms with E-state index in [4.69, 9.17) is 9.88 Å². The Morgan fingerprint density at radius 2 is 1.83 bits per heavy atom. The molecule has 1 aliphatic rings. The number of hydrogen-bond acceptors (Lipinski definition) is 8. The normalized spacial score (nSPS) is 18.8. The van der Waals surface area contributed by atoms with E-state index in [1.165, 1.54) is 12.1 Å². The number of benzene rings is 1. The van der Waals surface area contributed by atoms with Gasteiger partial charge >= 0.3 is 6.01 Å². The molecule has 0 unspecified atom stereocenters. The summed E-state index contributed by atoms with van der Waals surface area (Å²) < 4.78 is 30.5. The fourth-order valence-electron chi connectivity index (χ4n) is 3.22. The number of hydrogen-bond donors (Lipinski definition) is 2. The molecule has 1 fully saturated rings. The molecule has 0 bridgehead atoms. The molecular formula is C19H23N7O3S. The van der Waals surface area contributed by atoms with Gasteiger partial charge in [0.2, 0.25) is 16.0 Å². The first-order valence-corrected chi connectivity index (χ1v) is 11.1. The topological polar surface area (TPSA) is 138 Å². The Labute approximate surface area is 174 Å². The van der Waals surface area contributed by atoms with E-state index in [0.29, 0.717) is 23.6 Å². The summed E-state index contributed by atoms with van der Waals surface area (Å²) in [5.74, 6) is 0.771. The Morgan fingerprint density at radius 1 is 1.17 bits per heavy atom. The summed E-state index contributed by atoms with van der Waals surface area (Å²) in [5.41, 5.74) is 1.72. The van der Waals surface area contributed by atoms with Crippen LogP contribution in [-0.2, 0) is 10.0 Å². The van der Waals surface area contributed by atoms with Crippen molar-refractivity contribution in [2.75, 3.05) is 5.32 Å². The van der Waals surface area contributed by atoms with Crippen molar-refractivity contribution in [2.45, 2.75) is 49.6 Å². The lowest BCUT2D eigenvalue weighted by atomic mass is 9.78. The second-order valence-corrected chi connectivity index (χ2v) is 9.12. The second kappa shape index (κ2) is 8.00. The molecule has 0 spiro atoms. The van der Waals surface area contributed by atoms with Crippen molar-refractivity contribution in [1.29, 1.82) is 0 Å². The van der Waals surface area contributed by atoms with Crippen molar-refractivity contribution >= 4 is 21.7 Å². The van der Waals surface area contributed by atoms with E-state index >= 15 is 0 Å². The van der Waals surface area contributed by atoms with Crippen LogP contribution in [0.15, 0.2) is 47.9 Å². The van der Waals surface area contributed by atoms with Crippen LogP contribution in [0.3, 0.4) is 0 Å². The standard InChI is InChI=1S/C19H23N7O3S/c1-12(2)26-11-23-25-19(26)29-16-7-13(8-16)14-9-21-18(22-10-14)24-15-3-5-17(6-4-15)30(20,27)28/h3-6,9-13,16H,7-8H2,1-2H3,(H2,20,27,28)(H,21,22,24). The van der Waals surface area contributed by atoms with Crippen molar-refractivity contribution in [1.82, 2.24) is 24.7 Å². The third-order valence-corrected chi connectivity index (χ3v) is 5.97. The Kier molecular flexibility index (Phi) is 5.39. The molecule has 1 aliphatic carbocycles. The molecule has 0 radical (unpaired) electrons.